The number of nitrogens with one attached hydrogen (secondary N) is 1. The molecule has 8 heteroatoms. The van der Waals surface area contributed by atoms with Crippen LogP contribution in [0.3, 0.4) is 0 Å². The zero-order valence-corrected chi connectivity index (χ0v) is 19.0. The standard InChI is InChI=1S/C20H29FN6.HI/c1-22-20(26(2)15-16-8-6-9-17(21)14-16)23-12-7-11-19-25-24-18-10-4-3-5-13-27(18)19;/h6,8-9,14H,3-5,7,10-13,15H2,1-2H3,(H,22,23);1H. The summed E-state index contributed by atoms with van der Waals surface area (Å²) in [5.74, 6) is 2.83. The molecule has 3 rings (SSSR count). The number of aliphatic imine (C=N–C) groups is 1. The van der Waals surface area contributed by atoms with Crippen molar-refractivity contribution in [3.8, 4) is 0 Å². The normalized spacial score (nSPS) is 14.0. The summed E-state index contributed by atoms with van der Waals surface area (Å²) in [7, 11) is 3.72. The van der Waals surface area contributed by atoms with Crippen molar-refractivity contribution < 1.29 is 4.39 Å². The molecule has 6 nitrogen and oxygen atoms in total. The molecule has 1 N–H and O–H groups in total. The maximum absolute atomic E-state index is 13.4. The van der Waals surface area contributed by atoms with E-state index in [1.165, 1.54) is 25.3 Å². The Morgan fingerprint density at radius 1 is 1.29 bits per heavy atom. The molecule has 0 saturated heterocycles. The van der Waals surface area contributed by atoms with Crippen LogP contribution in [0.5, 0.6) is 0 Å². The molecule has 0 atom stereocenters. The summed E-state index contributed by atoms with van der Waals surface area (Å²) in [5, 5.41) is 12.1. The molecule has 0 radical (unpaired) electrons. The zero-order valence-electron chi connectivity index (χ0n) is 16.7. The summed E-state index contributed by atoms with van der Waals surface area (Å²) in [4.78, 5) is 6.33. The van der Waals surface area contributed by atoms with E-state index in [4.69, 9.17) is 0 Å². The molecule has 2 aromatic rings. The first-order valence-corrected chi connectivity index (χ1v) is 9.74. The van der Waals surface area contributed by atoms with E-state index >= 15 is 0 Å². The van der Waals surface area contributed by atoms with Gasteiger partial charge in [-0.1, -0.05) is 18.6 Å². The van der Waals surface area contributed by atoms with Crippen molar-refractivity contribution in [1.29, 1.82) is 0 Å². The van der Waals surface area contributed by atoms with Crippen LogP contribution in [0.25, 0.3) is 0 Å². The fourth-order valence-electron chi connectivity index (χ4n) is 3.55. The highest BCUT2D eigenvalue weighted by Gasteiger charge is 2.14. The van der Waals surface area contributed by atoms with Gasteiger partial charge in [-0.15, -0.1) is 34.2 Å². The molecule has 154 valence electrons. The molecular formula is C20H30FIN6. The Labute approximate surface area is 183 Å². The molecule has 0 bridgehead atoms. The average molecular weight is 500 g/mol. The second-order valence-electron chi connectivity index (χ2n) is 7.06. The minimum atomic E-state index is -0.212. The van der Waals surface area contributed by atoms with Gasteiger partial charge in [0.05, 0.1) is 0 Å². The van der Waals surface area contributed by atoms with Crippen molar-refractivity contribution in [2.75, 3.05) is 20.6 Å². The third kappa shape index (κ3) is 6.15. The highest BCUT2D eigenvalue weighted by atomic mass is 127. The summed E-state index contributed by atoms with van der Waals surface area (Å²) in [6.45, 7) is 2.46. The van der Waals surface area contributed by atoms with Gasteiger partial charge in [0, 0.05) is 46.6 Å². The molecule has 0 aliphatic carbocycles. The van der Waals surface area contributed by atoms with Crippen molar-refractivity contribution in [3.63, 3.8) is 0 Å². The molecular weight excluding hydrogens is 470 g/mol. The molecule has 0 unspecified atom stereocenters. The first-order valence-electron chi connectivity index (χ1n) is 9.74. The number of aromatic nitrogens is 3. The summed E-state index contributed by atoms with van der Waals surface area (Å²) in [5.41, 5.74) is 0.923. The Hall–Kier alpha value is -1.71. The highest BCUT2D eigenvalue weighted by Crippen LogP contribution is 2.15. The Bertz CT molecular complexity index is 776. The SMILES string of the molecule is CN=C(NCCCc1nnc2n1CCCCC2)N(C)Cc1cccc(F)c1.I. The van der Waals surface area contributed by atoms with Gasteiger partial charge in [0.1, 0.15) is 17.5 Å². The van der Waals surface area contributed by atoms with Crippen LogP contribution >= 0.6 is 24.0 Å². The van der Waals surface area contributed by atoms with Gasteiger partial charge in [-0.25, -0.2) is 4.39 Å². The lowest BCUT2D eigenvalue weighted by Gasteiger charge is -2.22. The molecule has 0 saturated carbocycles. The van der Waals surface area contributed by atoms with Crippen molar-refractivity contribution in [3.05, 3.63) is 47.3 Å². The average Bonchev–Trinajstić information content (AvgIpc) is 2.88. The lowest BCUT2D eigenvalue weighted by Crippen LogP contribution is -2.39. The van der Waals surface area contributed by atoms with Crippen LogP contribution < -0.4 is 5.32 Å². The van der Waals surface area contributed by atoms with E-state index in [0.29, 0.717) is 6.54 Å². The largest absolute Gasteiger partial charge is 0.356 e. The van der Waals surface area contributed by atoms with Crippen molar-refractivity contribution >= 4 is 29.9 Å². The smallest absolute Gasteiger partial charge is 0.193 e. The third-order valence-electron chi connectivity index (χ3n) is 4.93. The number of aryl methyl sites for hydroxylation is 2. The van der Waals surface area contributed by atoms with Gasteiger partial charge in [-0.2, -0.15) is 0 Å². The van der Waals surface area contributed by atoms with Crippen LogP contribution in [0.1, 0.15) is 42.9 Å². The van der Waals surface area contributed by atoms with Crippen LogP contribution in [-0.4, -0.2) is 46.3 Å². The third-order valence-corrected chi connectivity index (χ3v) is 4.93. The topological polar surface area (TPSA) is 58.3 Å². The van der Waals surface area contributed by atoms with E-state index in [0.717, 1.165) is 55.5 Å². The Morgan fingerprint density at radius 2 is 2.14 bits per heavy atom. The van der Waals surface area contributed by atoms with Gasteiger partial charge in [0.15, 0.2) is 5.96 Å². The van der Waals surface area contributed by atoms with Crippen LogP contribution in [0.15, 0.2) is 29.3 Å². The summed E-state index contributed by atoms with van der Waals surface area (Å²) < 4.78 is 15.7. The first kappa shape index (κ1) is 22.6. The van der Waals surface area contributed by atoms with E-state index in [-0.39, 0.29) is 29.8 Å². The predicted octanol–water partition coefficient (Wildman–Crippen LogP) is 3.40. The van der Waals surface area contributed by atoms with Crippen molar-refractivity contribution in [2.45, 2.75) is 51.6 Å². The monoisotopic (exact) mass is 500 g/mol. The summed E-state index contributed by atoms with van der Waals surface area (Å²) in [6.07, 6.45) is 6.62. The second kappa shape index (κ2) is 11.3. The highest BCUT2D eigenvalue weighted by molar-refractivity contribution is 14.0. The van der Waals surface area contributed by atoms with Crippen molar-refractivity contribution in [2.24, 2.45) is 4.99 Å². The molecule has 2 heterocycles. The Balaban J connectivity index is 0.00000280. The molecule has 0 amide bonds. The Morgan fingerprint density at radius 3 is 2.93 bits per heavy atom. The minimum absolute atomic E-state index is 0. The van der Waals surface area contributed by atoms with Gasteiger partial charge in [0.25, 0.3) is 0 Å². The predicted molar refractivity (Wildman–Crippen MR) is 121 cm³/mol. The number of benzene rings is 1. The lowest BCUT2D eigenvalue weighted by atomic mass is 10.2. The molecule has 1 aromatic heterocycles. The molecule has 0 spiro atoms. The number of nitrogens with zero attached hydrogens (tertiary/aromatic N) is 5. The maximum Gasteiger partial charge on any atom is 0.193 e. The number of hydrogen-bond acceptors (Lipinski definition) is 3. The van der Waals surface area contributed by atoms with E-state index in [9.17, 15) is 4.39 Å². The molecule has 28 heavy (non-hydrogen) atoms. The lowest BCUT2D eigenvalue weighted by molar-refractivity contribution is 0.473. The van der Waals surface area contributed by atoms with Crippen molar-refractivity contribution in [1.82, 2.24) is 25.0 Å². The van der Waals surface area contributed by atoms with E-state index in [2.05, 4.69) is 25.1 Å². The molecule has 0 fully saturated rings. The molecule has 1 aliphatic rings. The molecule has 1 aromatic carbocycles. The van der Waals surface area contributed by atoms with Gasteiger partial charge >= 0.3 is 0 Å². The molecule has 1 aliphatic heterocycles. The number of fused-ring (bicyclic) bond motifs is 1. The van der Waals surface area contributed by atoms with E-state index in [1.807, 2.05) is 18.0 Å². The fraction of sp³-hybridized carbons (Fsp3) is 0.550. The van der Waals surface area contributed by atoms with Gasteiger partial charge in [-0.3, -0.25) is 4.99 Å². The van der Waals surface area contributed by atoms with Gasteiger partial charge in [-0.05, 0) is 37.0 Å². The summed E-state index contributed by atoms with van der Waals surface area (Å²) >= 11 is 0. The minimum Gasteiger partial charge on any atom is -0.356 e. The number of halogens is 2. The number of guanidine groups is 1. The van der Waals surface area contributed by atoms with Gasteiger partial charge < -0.3 is 14.8 Å². The van der Waals surface area contributed by atoms with Gasteiger partial charge in [0.2, 0.25) is 0 Å². The number of hydrogen-bond donors (Lipinski definition) is 1. The van der Waals surface area contributed by atoms with Crippen LogP contribution in [0.4, 0.5) is 4.39 Å². The second-order valence-corrected chi connectivity index (χ2v) is 7.06. The fourth-order valence-corrected chi connectivity index (χ4v) is 3.55. The number of rotatable bonds is 6. The first-order chi connectivity index (χ1) is 13.2. The summed E-state index contributed by atoms with van der Waals surface area (Å²) in [6, 6.07) is 6.67. The Kier molecular flexibility index (Phi) is 9.14. The maximum atomic E-state index is 13.4. The van der Waals surface area contributed by atoms with Crippen LogP contribution in [0.2, 0.25) is 0 Å². The van der Waals surface area contributed by atoms with Crippen LogP contribution in [-0.2, 0) is 25.9 Å². The zero-order chi connectivity index (χ0) is 19.1. The van der Waals surface area contributed by atoms with Crippen LogP contribution in [0, 0.1) is 5.82 Å². The van der Waals surface area contributed by atoms with E-state index < -0.39 is 0 Å². The van der Waals surface area contributed by atoms with E-state index in [1.54, 1.807) is 19.2 Å². The quantitative estimate of drug-likeness (QED) is 0.286.